The van der Waals surface area contributed by atoms with Crippen molar-refractivity contribution >= 4 is 11.0 Å². The third-order valence-corrected chi connectivity index (χ3v) is 3.91. The van der Waals surface area contributed by atoms with Crippen LogP contribution in [-0.4, -0.2) is 22.6 Å². The second-order valence-corrected chi connectivity index (χ2v) is 5.34. The maximum absolute atomic E-state index is 4.71. The Hall–Kier alpha value is -1.35. The van der Waals surface area contributed by atoms with Crippen LogP contribution in [0.5, 0.6) is 0 Å². The fourth-order valence-corrected chi connectivity index (χ4v) is 2.83. The quantitative estimate of drug-likeness (QED) is 0.870. The van der Waals surface area contributed by atoms with Gasteiger partial charge in [0.2, 0.25) is 0 Å². The van der Waals surface area contributed by atoms with Gasteiger partial charge in [-0.25, -0.2) is 4.98 Å². The minimum Gasteiger partial charge on any atom is -0.342 e. The van der Waals surface area contributed by atoms with Crippen LogP contribution >= 0.6 is 0 Å². The van der Waals surface area contributed by atoms with Crippen LogP contribution in [0.1, 0.15) is 37.1 Å². The molecule has 96 valence electrons. The maximum Gasteiger partial charge on any atom is 0.107 e. The van der Waals surface area contributed by atoms with Crippen molar-refractivity contribution in [3.63, 3.8) is 0 Å². The first-order valence-corrected chi connectivity index (χ1v) is 7.00. The van der Waals surface area contributed by atoms with Gasteiger partial charge in [0.1, 0.15) is 5.82 Å². The Kier molecular flexibility index (Phi) is 3.33. The number of hydrogen-bond donors (Lipinski definition) is 2. The van der Waals surface area contributed by atoms with Crippen molar-refractivity contribution in [3.8, 4) is 0 Å². The molecule has 1 unspecified atom stereocenters. The summed E-state index contributed by atoms with van der Waals surface area (Å²) < 4.78 is 0. The molecule has 3 rings (SSSR count). The summed E-state index contributed by atoms with van der Waals surface area (Å²) in [4.78, 5) is 8.15. The van der Waals surface area contributed by atoms with Crippen LogP contribution in [0.4, 0.5) is 0 Å². The van der Waals surface area contributed by atoms with Gasteiger partial charge < -0.3 is 10.3 Å². The van der Waals surface area contributed by atoms with E-state index in [1.807, 2.05) is 0 Å². The molecule has 1 saturated heterocycles. The topological polar surface area (TPSA) is 40.7 Å². The van der Waals surface area contributed by atoms with E-state index in [9.17, 15) is 0 Å². The summed E-state index contributed by atoms with van der Waals surface area (Å²) in [5.41, 5.74) is 3.55. The second-order valence-electron chi connectivity index (χ2n) is 5.34. The molecular weight excluding hydrogens is 222 g/mol. The molecule has 1 aliphatic rings. The SMILES string of the molecule is Cc1cccc2[nH]c(CCC3CCCCN3)nc12. The molecule has 2 aromatic rings. The highest BCUT2D eigenvalue weighted by Crippen LogP contribution is 2.17. The summed E-state index contributed by atoms with van der Waals surface area (Å²) in [6, 6.07) is 7.00. The molecule has 1 aliphatic heterocycles. The number of aromatic amines is 1. The first-order valence-electron chi connectivity index (χ1n) is 7.00. The number of benzene rings is 1. The van der Waals surface area contributed by atoms with Gasteiger partial charge in [-0.2, -0.15) is 0 Å². The van der Waals surface area contributed by atoms with E-state index in [-0.39, 0.29) is 0 Å². The number of fused-ring (bicyclic) bond motifs is 1. The molecule has 18 heavy (non-hydrogen) atoms. The fourth-order valence-electron chi connectivity index (χ4n) is 2.83. The van der Waals surface area contributed by atoms with E-state index in [2.05, 4.69) is 35.4 Å². The Bertz CT molecular complexity index is 524. The van der Waals surface area contributed by atoms with Crippen LogP contribution in [0.25, 0.3) is 11.0 Å². The zero-order valence-electron chi connectivity index (χ0n) is 11.0. The van der Waals surface area contributed by atoms with Crippen LogP contribution in [0, 0.1) is 6.92 Å². The van der Waals surface area contributed by atoms with Crippen LogP contribution in [0.2, 0.25) is 0 Å². The first kappa shape index (κ1) is 11.7. The van der Waals surface area contributed by atoms with Crippen molar-refractivity contribution in [2.75, 3.05) is 6.54 Å². The molecule has 3 nitrogen and oxygen atoms in total. The van der Waals surface area contributed by atoms with Gasteiger partial charge in [0.15, 0.2) is 0 Å². The van der Waals surface area contributed by atoms with E-state index in [1.165, 1.54) is 43.3 Å². The molecule has 0 aliphatic carbocycles. The lowest BCUT2D eigenvalue weighted by molar-refractivity contribution is 0.381. The maximum atomic E-state index is 4.71. The second kappa shape index (κ2) is 5.11. The van der Waals surface area contributed by atoms with E-state index in [4.69, 9.17) is 4.98 Å². The smallest absolute Gasteiger partial charge is 0.107 e. The highest BCUT2D eigenvalue weighted by Gasteiger charge is 2.13. The highest BCUT2D eigenvalue weighted by molar-refractivity contribution is 5.78. The van der Waals surface area contributed by atoms with E-state index in [0.29, 0.717) is 6.04 Å². The van der Waals surface area contributed by atoms with Gasteiger partial charge in [0.05, 0.1) is 11.0 Å². The molecule has 1 fully saturated rings. The monoisotopic (exact) mass is 243 g/mol. The van der Waals surface area contributed by atoms with Crippen molar-refractivity contribution in [2.45, 2.75) is 45.1 Å². The van der Waals surface area contributed by atoms with Crippen LogP contribution < -0.4 is 5.32 Å². The van der Waals surface area contributed by atoms with Crippen molar-refractivity contribution in [3.05, 3.63) is 29.6 Å². The third-order valence-electron chi connectivity index (χ3n) is 3.91. The van der Waals surface area contributed by atoms with Crippen LogP contribution in [0.15, 0.2) is 18.2 Å². The number of imidazole rings is 1. The average molecular weight is 243 g/mol. The lowest BCUT2D eigenvalue weighted by Crippen LogP contribution is -2.34. The van der Waals surface area contributed by atoms with Gasteiger partial charge in [-0.3, -0.25) is 0 Å². The number of rotatable bonds is 3. The number of aryl methyl sites for hydroxylation is 2. The number of para-hydroxylation sites is 1. The molecular formula is C15H21N3. The number of hydrogen-bond acceptors (Lipinski definition) is 2. The van der Waals surface area contributed by atoms with Crippen molar-refractivity contribution in [1.82, 2.24) is 15.3 Å². The minimum absolute atomic E-state index is 0.688. The van der Waals surface area contributed by atoms with Crippen molar-refractivity contribution in [1.29, 1.82) is 0 Å². The van der Waals surface area contributed by atoms with Crippen LogP contribution in [0.3, 0.4) is 0 Å². The lowest BCUT2D eigenvalue weighted by Gasteiger charge is -2.22. The summed E-state index contributed by atoms with van der Waals surface area (Å²) in [7, 11) is 0. The van der Waals surface area contributed by atoms with Gasteiger partial charge in [0, 0.05) is 12.5 Å². The molecule has 0 radical (unpaired) electrons. The van der Waals surface area contributed by atoms with Gasteiger partial charge in [-0.15, -0.1) is 0 Å². The molecule has 2 N–H and O–H groups in total. The van der Waals surface area contributed by atoms with Gasteiger partial charge in [-0.1, -0.05) is 18.6 Å². The molecule has 0 amide bonds. The third kappa shape index (κ3) is 2.41. The van der Waals surface area contributed by atoms with Crippen molar-refractivity contribution < 1.29 is 0 Å². The highest BCUT2D eigenvalue weighted by atomic mass is 14.9. The zero-order chi connectivity index (χ0) is 12.4. The molecule has 2 heterocycles. The Balaban J connectivity index is 1.69. The zero-order valence-corrected chi connectivity index (χ0v) is 11.0. The van der Waals surface area contributed by atoms with Crippen LogP contribution in [-0.2, 0) is 6.42 Å². The Morgan fingerprint density at radius 1 is 1.33 bits per heavy atom. The Morgan fingerprint density at radius 2 is 2.28 bits per heavy atom. The summed E-state index contributed by atoms with van der Waals surface area (Å²) in [6.45, 7) is 3.31. The van der Waals surface area contributed by atoms with Crippen molar-refractivity contribution in [2.24, 2.45) is 0 Å². The predicted octanol–water partition coefficient (Wildman–Crippen LogP) is 2.95. The number of nitrogens with one attached hydrogen (secondary N) is 2. The molecule has 3 heteroatoms. The van der Waals surface area contributed by atoms with Gasteiger partial charge >= 0.3 is 0 Å². The van der Waals surface area contributed by atoms with Gasteiger partial charge in [-0.05, 0) is 44.4 Å². The predicted molar refractivity (Wildman–Crippen MR) is 74.8 cm³/mol. The summed E-state index contributed by atoms with van der Waals surface area (Å²) in [5.74, 6) is 1.13. The average Bonchev–Trinajstić information content (AvgIpc) is 2.82. The minimum atomic E-state index is 0.688. The standard InChI is InChI=1S/C15H21N3/c1-11-5-4-7-13-15(11)18-14(17-13)9-8-12-6-2-3-10-16-12/h4-5,7,12,16H,2-3,6,8-10H2,1H3,(H,17,18). The molecule has 1 aromatic heterocycles. The number of piperidine rings is 1. The molecule has 1 aromatic carbocycles. The van der Waals surface area contributed by atoms with Gasteiger partial charge in [0.25, 0.3) is 0 Å². The molecule has 0 spiro atoms. The fraction of sp³-hybridized carbons (Fsp3) is 0.533. The van der Waals surface area contributed by atoms with E-state index >= 15 is 0 Å². The summed E-state index contributed by atoms with van der Waals surface area (Å²) in [6.07, 6.45) is 6.27. The van der Waals surface area contributed by atoms with E-state index in [0.717, 1.165) is 17.8 Å². The Labute approximate surface area is 108 Å². The number of nitrogens with zero attached hydrogens (tertiary/aromatic N) is 1. The molecule has 0 saturated carbocycles. The Morgan fingerprint density at radius 3 is 3.06 bits per heavy atom. The normalized spacial score (nSPS) is 20.4. The van der Waals surface area contributed by atoms with E-state index in [1.54, 1.807) is 0 Å². The molecule has 1 atom stereocenters. The number of H-pyrrole nitrogens is 1. The first-order chi connectivity index (χ1) is 8.83. The largest absolute Gasteiger partial charge is 0.342 e. The van der Waals surface area contributed by atoms with E-state index < -0.39 is 0 Å². The summed E-state index contributed by atoms with van der Waals surface area (Å²) in [5, 5.41) is 3.59. The number of aromatic nitrogens is 2. The lowest BCUT2D eigenvalue weighted by atomic mass is 10.0. The molecule has 0 bridgehead atoms. The summed E-state index contributed by atoms with van der Waals surface area (Å²) >= 11 is 0.